The van der Waals surface area contributed by atoms with Crippen LogP contribution in [0.5, 0.6) is 11.5 Å². The van der Waals surface area contributed by atoms with E-state index in [1.807, 2.05) is 19.9 Å². The van der Waals surface area contributed by atoms with E-state index in [2.05, 4.69) is 12.1 Å². The van der Waals surface area contributed by atoms with Crippen molar-refractivity contribution in [2.45, 2.75) is 51.5 Å². The van der Waals surface area contributed by atoms with E-state index in [-0.39, 0.29) is 0 Å². The molecule has 1 aliphatic rings. The molecular weight excluding hydrogens is 238 g/mol. The normalized spacial score (nSPS) is 23.1. The Labute approximate surface area is 116 Å². The molecule has 0 aromatic heterocycles. The Bertz CT molecular complexity index is 406. The first-order valence-corrected chi connectivity index (χ1v) is 7.39. The van der Waals surface area contributed by atoms with Crippen LogP contribution in [0.25, 0.3) is 0 Å². The number of benzene rings is 1. The first kappa shape index (κ1) is 14.2. The Morgan fingerprint density at radius 1 is 1.11 bits per heavy atom. The van der Waals surface area contributed by atoms with Crippen molar-refractivity contribution in [3.63, 3.8) is 0 Å². The summed E-state index contributed by atoms with van der Waals surface area (Å²) in [4.78, 5) is 0. The molecule has 1 aromatic rings. The maximum atomic E-state index is 6.08. The fraction of sp³-hybridized carbons (Fsp3) is 0.625. The van der Waals surface area contributed by atoms with Crippen LogP contribution in [0.2, 0.25) is 0 Å². The second kappa shape index (κ2) is 6.80. The van der Waals surface area contributed by atoms with Gasteiger partial charge in [-0.15, -0.1) is 0 Å². The van der Waals surface area contributed by atoms with Crippen LogP contribution in [0.1, 0.15) is 51.0 Å². The molecule has 0 spiro atoms. The van der Waals surface area contributed by atoms with Gasteiger partial charge < -0.3 is 15.2 Å². The second-order valence-corrected chi connectivity index (χ2v) is 5.20. The zero-order chi connectivity index (χ0) is 13.7. The molecule has 0 bridgehead atoms. The molecule has 106 valence electrons. The van der Waals surface area contributed by atoms with Gasteiger partial charge in [0.2, 0.25) is 0 Å². The zero-order valence-corrected chi connectivity index (χ0v) is 12.0. The number of rotatable bonds is 5. The summed E-state index contributed by atoms with van der Waals surface area (Å²) in [5, 5.41) is 0. The number of hydrogen-bond acceptors (Lipinski definition) is 3. The molecule has 3 heteroatoms. The Morgan fingerprint density at radius 3 is 2.53 bits per heavy atom. The van der Waals surface area contributed by atoms with Crippen molar-refractivity contribution in [2.75, 3.05) is 13.2 Å². The quantitative estimate of drug-likeness (QED) is 0.884. The molecule has 0 radical (unpaired) electrons. The van der Waals surface area contributed by atoms with Gasteiger partial charge in [-0.05, 0) is 56.7 Å². The number of hydrogen-bond donors (Lipinski definition) is 1. The molecular formula is C16H25NO2. The van der Waals surface area contributed by atoms with E-state index in [1.165, 1.54) is 18.4 Å². The van der Waals surface area contributed by atoms with Gasteiger partial charge in [0.05, 0.1) is 13.2 Å². The minimum atomic E-state index is 0.348. The maximum Gasteiger partial charge on any atom is 0.161 e. The summed E-state index contributed by atoms with van der Waals surface area (Å²) in [5.74, 6) is 2.27. The predicted octanol–water partition coefficient (Wildman–Crippen LogP) is 3.47. The van der Waals surface area contributed by atoms with E-state index in [4.69, 9.17) is 15.2 Å². The monoisotopic (exact) mass is 263 g/mol. The first-order chi connectivity index (χ1) is 9.24. The molecule has 19 heavy (non-hydrogen) atoms. The van der Waals surface area contributed by atoms with E-state index in [0.29, 0.717) is 25.2 Å². The topological polar surface area (TPSA) is 44.5 Å². The standard InChI is InChI=1S/C16H25NO2/c1-3-18-15-9-8-13(11-16(15)19-4-2)12-6-5-7-14(17)10-12/h8-9,11-12,14H,3-7,10,17H2,1-2H3. The lowest BCUT2D eigenvalue weighted by Gasteiger charge is -2.27. The van der Waals surface area contributed by atoms with Crippen LogP contribution in [0, 0.1) is 0 Å². The summed E-state index contributed by atoms with van der Waals surface area (Å²) in [6.45, 7) is 5.31. The SMILES string of the molecule is CCOc1ccc(C2CCCC(N)C2)cc1OCC. The Hall–Kier alpha value is -1.22. The lowest BCUT2D eigenvalue weighted by atomic mass is 9.81. The molecule has 1 saturated carbocycles. The van der Waals surface area contributed by atoms with Gasteiger partial charge >= 0.3 is 0 Å². The average molecular weight is 263 g/mol. The highest BCUT2D eigenvalue weighted by atomic mass is 16.5. The average Bonchev–Trinajstić information content (AvgIpc) is 2.41. The lowest BCUT2D eigenvalue weighted by molar-refractivity contribution is 0.286. The van der Waals surface area contributed by atoms with Gasteiger partial charge in [0.15, 0.2) is 11.5 Å². The van der Waals surface area contributed by atoms with E-state index in [1.54, 1.807) is 0 Å². The minimum absolute atomic E-state index is 0.348. The molecule has 2 rings (SSSR count). The molecule has 2 unspecified atom stereocenters. The molecule has 0 aliphatic heterocycles. The zero-order valence-electron chi connectivity index (χ0n) is 12.0. The Balaban J connectivity index is 2.18. The van der Waals surface area contributed by atoms with Gasteiger partial charge in [-0.1, -0.05) is 12.5 Å². The first-order valence-electron chi connectivity index (χ1n) is 7.39. The van der Waals surface area contributed by atoms with Crippen LogP contribution >= 0.6 is 0 Å². The summed E-state index contributed by atoms with van der Waals surface area (Å²) in [6.07, 6.45) is 4.70. The molecule has 2 N–H and O–H groups in total. The van der Waals surface area contributed by atoms with Crippen molar-refractivity contribution in [1.29, 1.82) is 0 Å². The minimum Gasteiger partial charge on any atom is -0.490 e. The summed E-state index contributed by atoms with van der Waals surface area (Å²) in [6, 6.07) is 6.68. The van der Waals surface area contributed by atoms with Crippen molar-refractivity contribution in [2.24, 2.45) is 5.73 Å². The summed E-state index contributed by atoms with van der Waals surface area (Å²) < 4.78 is 11.3. The van der Waals surface area contributed by atoms with Crippen molar-refractivity contribution < 1.29 is 9.47 Å². The lowest BCUT2D eigenvalue weighted by Crippen LogP contribution is -2.26. The van der Waals surface area contributed by atoms with E-state index < -0.39 is 0 Å². The highest BCUT2D eigenvalue weighted by Crippen LogP contribution is 2.37. The molecule has 1 aliphatic carbocycles. The van der Waals surface area contributed by atoms with Crippen LogP contribution in [0.3, 0.4) is 0 Å². The molecule has 0 saturated heterocycles. The highest BCUT2D eigenvalue weighted by Gasteiger charge is 2.21. The van der Waals surface area contributed by atoms with Gasteiger partial charge in [0, 0.05) is 6.04 Å². The molecule has 1 aromatic carbocycles. The van der Waals surface area contributed by atoms with Crippen LogP contribution < -0.4 is 15.2 Å². The molecule has 1 fully saturated rings. The number of ether oxygens (including phenoxy) is 2. The van der Waals surface area contributed by atoms with Crippen LogP contribution in [0.15, 0.2) is 18.2 Å². The van der Waals surface area contributed by atoms with Crippen molar-refractivity contribution >= 4 is 0 Å². The molecule has 0 amide bonds. The third kappa shape index (κ3) is 3.63. The molecule has 0 heterocycles. The van der Waals surface area contributed by atoms with Gasteiger partial charge in [-0.25, -0.2) is 0 Å². The fourth-order valence-corrected chi connectivity index (χ4v) is 2.85. The van der Waals surface area contributed by atoms with Crippen LogP contribution in [0.4, 0.5) is 0 Å². The van der Waals surface area contributed by atoms with Gasteiger partial charge in [-0.2, -0.15) is 0 Å². The third-order valence-corrected chi connectivity index (χ3v) is 3.75. The fourth-order valence-electron chi connectivity index (χ4n) is 2.85. The summed E-state index contributed by atoms with van der Waals surface area (Å²) in [5.41, 5.74) is 7.42. The van der Waals surface area contributed by atoms with Gasteiger partial charge in [-0.3, -0.25) is 0 Å². The highest BCUT2D eigenvalue weighted by molar-refractivity contribution is 5.44. The van der Waals surface area contributed by atoms with E-state index in [9.17, 15) is 0 Å². The predicted molar refractivity (Wildman–Crippen MR) is 78.0 cm³/mol. The van der Waals surface area contributed by atoms with Crippen molar-refractivity contribution in [3.05, 3.63) is 23.8 Å². The van der Waals surface area contributed by atoms with E-state index >= 15 is 0 Å². The largest absolute Gasteiger partial charge is 0.490 e. The van der Waals surface area contributed by atoms with Crippen molar-refractivity contribution in [3.8, 4) is 11.5 Å². The Morgan fingerprint density at radius 2 is 1.84 bits per heavy atom. The van der Waals surface area contributed by atoms with Crippen molar-refractivity contribution in [1.82, 2.24) is 0 Å². The van der Waals surface area contributed by atoms with Crippen LogP contribution in [-0.2, 0) is 0 Å². The van der Waals surface area contributed by atoms with Crippen LogP contribution in [-0.4, -0.2) is 19.3 Å². The second-order valence-electron chi connectivity index (χ2n) is 5.20. The summed E-state index contributed by atoms with van der Waals surface area (Å²) >= 11 is 0. The third-order valence-electron chi connectivity index (χ3n) is 3.75. The summed E-state index contributed by atoms with van der Waals surface area (Å²) in [7, 11) is 0. The number of nitrogens with two attached hydrogens (primary N) is 1. The maximum absolute atomic E-state index is 6.08. The smallest absolute Gasteiger partial charge is 0.161 e. The van der Waals surface area contributed by atoms with Gasteiger partial charge in [0.1, 0.15) is 0 Å². The Kier molecular flexibility index (Phi) is 5.08. The molecule has 2 atom stereocenters. The molecule has 3 nitrogen and oxygen atoms in total. The van der Waals surface area contributed by atoms with Gasteiger partial charge in [0.25, 0.3) is 0 Å². The van der Waals surface area contributed by atoms with E-state index in [0.717, 1.165) is 24.3 Å².